The van der Waals surface area contributed by atoms with E-state index in [1.807, 2.05) is 0 Å². The summed E-state index contributed by atoms with van der Waals surface area (Å²) in [6, 6.07) is 3.38. The van der Waals surface area contributed by atoms with Crippen LogP contribution in [0.15, 0.2) is 18.3 Å². The van der Waals surface area contributed by atoms with Crippen molar-refractivity contribution < 1.29 is 14.6 Å². The predicted octanol–water partition coefficient (Wildman–Crippen LogP) is 0.159. The van der Waals surface area contributed by atoms with E-state index in [9.17, 15) is 4.79 Å². The summed E-state index contributed by atoms with van der Waals surface area (Å²) < 4.78 is 4.65. The highest BCUT2D eigenvalue weighted by atomic mass is 16.5. The van der Waals surface area contributed by atoms with E-state index in [-0.39, 0.29) is 19.1 Å². The number of hydrogen-bond donors (Lipinski definition) is 2. The van der Waals surface area contributed by atoms with Crippen molar-refractivity contribution in [1.82, 2.24) is 4.98 Å². The number of aliphatic hydroxyl groups is 1. The zero-order chi connectivity index (χ0) is 10.4. The first-order valence-corrected chi connectivity index (χ1v) is 4.11. The fourth-order valence-corrected chi connectivity index (χ4v) is 0.978. The van der Waals surface area contributed by atoms with Gasteiger partial charge in [-0.2, -0.15) is 0 Å². The summed E-state index contributed by atoms with van der Waals surface area (Å²) in [7, 11) is 1.44. The fraction of sp³-hybridized carbons (Fsp3) is 0.333. The van der Waals surface area contributed by atoms with Crippen LogP contribution >= 0.6 is 0 Å². The molecule has 0 aliphatic heterocycles. The molecule has 1 aromatic rings. The van der Waals surface area contributed by atoms with E-state index < -0.39 is 0 Å². The van der Waals surface area contributed by atoms with Gasteiger partial charge in [-0.25, -0.2) is 4.98 Å². The van der Waals surface area contributed by atoms with E-state index in [2.05, 4.69) is 15.0 Å². The third kappa shape index (κ3) is 2.79. The molecule has 0 bridgehead atoms. The molecule has 1 amide bonds. The Morgan fingerprint density at radius 2 is 2.50 bits per heavy atom. The van der Waals surface area contributed by atoms with Crippen molar-refractivity contribution in [1.29, 1.82) is 0 Å². The van der Waals surface area contributed by atoms with Crippen LogP contribution in [0.4, 0.5) is 5.82 Å². The van der Waals surface area contributed by atoms with Gasteiger partial charge < -0.3 is 15.2 Å². The van der Waals surface area contributed by atoms with E-state index >= 15 is 0 Å². The van der Waals surface area contributed by atoms with E-state index in [1.54, 1.807) is 18.3 Å². The fourth-order valence-electron chi connectivity index (χ4n) is 0.978. The Balaban J connectivity index is 2.70. The monoisotopic (exact) mass is 196 g/mol. The van der Waals surface area contributed by atoms with Gasteiger partial charge in [-0.1, -0.05) is 6.07 Å². The maximum Gasteiger partial charge on any atom is 0.251 e. The Hall–Kier alpha value is -1.46. The van der Waals surface area contributed by atoms with Crippen molar-refractivity contribution in [3.8, 4) is 0 Å². The Kier molecular flexibility index (Phi) is 4.03. The lowest BCUT2D eigenvalue weighted by molar-refractivity contribution is -0.119. The van der Waals surface area contributed by atoms with Crippen LogP contribution in [0.5, 0.6) is 0 Å². The first-order valence-electron chi connectivity index (χ1n) is 4.11. The van der Waals surface area contributed by atoms with Crippen LogP contribution in [0.3, 0.4) is 0 Å². The summed E-state index contributed by atoms with van der Waals surface area (Å²) in [5.41, 5.74) is 0.581. The Morgan fingerprint density at radius 1 is 1.71 bits per heavy atom. The van der Waals surface area contributed by atoms with Crippen molar-refractivity contribution in [3.63, 3.8) is 0 Å². The number of amides is 1. The van der Waals surface area contributed by atoms with Gasteiger partial charge in [0.1, 0.15) is 12.4 Å². The minimum Gasteiger partial charge on any atom is -0.392 e. The van der Waals surface area contributed by atoms with Crippen LogP contribution < -0.4 is 5.32 Å². The van der Waals surface area contributed by atoms with Crippen molar-refractivity contribution >= 4 is 11.7 Å². The van der Waals surface area contributed by atoms with Gasteiger partial charge in [-0.15, -0.1) is 0 Å². The number of anilines is 1. The number of nitrogens with one attached hydrogen (secondary N) is 1. The average molecular weight is 196 g/mol. The smallest absolute Gasteiger partial charge is 0.251 e. The molecular formula is C9H12N2O3. The molecule has 14 heavy (non-hydrogen) atoms. The second-order valence-corrected chi connectivity index (χ2v) is 2.65. The molecule has 0 aromatic carbocycles. The van der Waals surface area contributed by atoms with Crippen molar-refractivity contribution in [3.05, 3.63) is 23.9 Å². The van der Waals surface area contributed by atoms with Crippen LogP contribution in [0.1, 0.15) is 5.56 Å². The molecule has 2 N–H and O–H groups in total. The van der Waals surface area contributed by atoms with Gasteiger partial charge in [-0.3, -0.25) is 4.79 Å². The van der Waals surface area contributed by atoms with Gasteiger partial charge in [0.25, 0.3) is 5.91 Å². The topological polar surface area (TPSA) is 71.5 Å². The summed E-state index contributed by atoms with van der Waals surface area (Å²) in [4.78, 5) is 15.0. The molecule has 0 saturated carbocycles. The van der Waals surface area contributed by atoms with Gasteiger partial charge in [0.2, 0.25) is 0 Å². The minimum absolute atomic E-state index is 0.0263. The number of nitrogens with zero attached hydrogens (tertiary/aromatic N) is 1. The number of aliphatic hydroxyl groups excluding tert-OH is 1. The maximum absolute atomic E-state index is 11.1. The second-order valence-electron chi connectivity index (χ2n) is 2.65. The van der Waals surface area contributed by atoms with Crippen LogP contribution in [0.25, 0.3) is 0 Å². The van der Waals surface area contributed by atoms with E-state index in [0.29, 0.717) is 11.4 Å². The Bertz CT molecular complexity index is 315. The molecule has 5 heteroatoms. The normalized spacial score (nSPS) is 9.86. The molecule has 1 heterocycles. The number of carbonyl (C=O) groups excluding carboxylic acids is 1. The SMILES string of the molecule is COCC(=O)Nc1ncccc1CO. The molecule has 5 nitrogen and oxygen atoms in total. The van der Waals surface area contributed by atoms with E-state index in [4.69, 9.17) is 5.11 Å². The van der Waals surface area contributed by atoms with Crippen molar-refractivity contribution in [2.24, 2.45) is 0 Å². The third-order valence-electron chi connectivity index (χ3n) is 1.59. The molecule has 0 spiro atoms. The first-order chi connectivity index (χ1) is 6.77. The second kappa shape index (κ2) is 5.31. The van der Waals surface area contributed by atoms with Crippen molar-refractivity contribution in [2.45, 2.75) is 6.61 Å². The summed E-state index contributed by atoms with van der Waals surface area (Å²) in [5.74, 6) is 0.0814. The zero-order valence-electron chi connectivity index (χ0n) is 7.86. The van der Waals surface area contributed by atoms with Crippen LogP contribution in [0.2, 0.25) is 0 Å². The quantitative estimate of drug-likeness (QED) is 0.719. The van der Waals surface area contributed by atoms with Crippen LogP contribution in [-0.4, -0.2) is 29.7 Å². The van der Waals surface area contributed by atoms with E-state index in [0.717, 1.165) is 0 Å². The molecule has 0 saturated heterocycles. The number of hydrogen-bond acceptors (Lipinski definition) is 4. The number of pyridine rings is 1. The van der Waals surface area contributed by atoms with Crippen molar-refractivity contribution in [2.75, 3.05) is 19.0 Å². The lowest BCUT2D eigenvalue weighted by Crippen LogP contribution is -2.18. The molecule has 1 aromatic heterocycles. The molecule has 0 radical (unpaired) electrons. The third-order valence-corrected chi connectivity index (χ3v) is 1.59. The molecule has 76 valence electrons. The lowest BCUT2D eigenvalue weighted by Gasteiger charge is -2.06. The van der Waals surface area contributed by atoms with Gasteiger partial charge in [0.05, 0.1) is 6.61 Å². The van der Waals surface area contributed by atoms with Gasteiger partial charge >= 0.3 is 0 Å². The standard InChI is InChI=1S/C9H12N2O3/c1-14-6-8(13)11-9-7(5-12)3-2-4-10-9/h2-4,12H,5-6H2,1H3,(H,10,11,13). The molecular weight excluding hydrogens is 184 g/mol. The highest BCUT2D eigenvalue weighted by molar-refractivity contribution is 5.91. The highest BCUT2D eigenvalue weighted by Crippen LogP contribution is 2.10. The van der Waals surface area contributed by atoms with E-state index in [1.165, 1.54) is 7.11 Å². The molecule has 0 aliphatic carbocycles. The summed E-state index contributed by atoms with van der Waals surface area (Å²) in [5, 5.41) is 11.5. The molecule has 0 atom stereocenters. The number of ether oxygens (including phenoxy) is 1. The number of methoxy groups -OCH3 is 1. The van der Waals surface area contributed by atoms with Crippen LogP contribution in [-0.2, 0) is 16.1 Å². The van der Waals surface area contributed by atoms with Crippen LogP contribution in [0, 0.1) is 0 Å². The maximum atomic E-state index is 11.1. The summed E-state index contributed by atoms with van der Waals surface area (Å²) in [6.07, 6.45) is 1.54. The predicted molar refractivity (Wildman–Crippen MR) is 50.7 cm³/mol. The number of rotatable bonds is 4. The molecule has 0 fully saturated rings. The zero-order valence-corrected chi connectivity index (χ0v) is 7.86. The summed E-state index contributed by atoms with van der Waals surface area (Å²) in [6.45, 7) is -0.183. The largest absolute Gasteiger partial charge is 0.392 e. The highest BCUT2D eigenvalue weighted by Gasteiger charge is 2.05. The van der Waals surface area contributed by atoms with Gasteiger partial charge in [0.15, 0.2) is 0 Å². The Morgan fingerprint density at radius 3 is 3.14 bits per heavy atom. The number of aromatic nitrogens is 1. The van der Waals surface area contributed by atoms with Gasteiger partial charge in [-0.05, 0) is 6.07 Å². The average Bonchev–Trinajstić information content (AvgIpc) is 2.19. The molecule has 0 aliphatic rings. The van der Waals surface area contributed by atoms with Gasteiger partial charge in [0, 0.05) is 18.9 Å². The summed E-state index contributed by atoms with van der Waals surface area (Å²) >= 11 is 0. The lowest BCUT2D eigenvalue weighted by atomic mass is 10.2. The first kappa shape index (κ1) is 10.6. The molecule has 0 unspecified atom stereocenters. The number of carbonyl (C=O) groups is 1. The Labute approximate surface area is 81.7 Å². The molecule has 1 rings (SSSR count). The minimum atomic E-state index is -0.291.